The number of piperazine rings is 1. The summed E-state index contributed by atoms with van der Waals surface area (Å²) in [5, 5.41) is 8.12. The average molecular weight is 321 g/mol. The van der Waals surface area contributed by atoms with E-state index in [9.17, 15) is 0 Å². The highest BCUT2D eigenvalue weighted by atomic mass is 35.5. The summed E-state index contributed by atoms with van der Waals surface area (Å²) >= 11 is 5.89. The van der Waals surface area contributed by atoms with Crippen molar-refractivity contribution in [3.8, 4) is 5.82 Å². The van der Waals surface area contributed by atoms with Gasteiger partial charge in [-0.1, -0.05) is 31.4 Å². The second-order valence-electron chi connectivity index (χ2n) is 5.49. The normalized spacial score (nSPS) is 18.6. The van der Waals surface area contributed by atoms with E-state index in [0.717, 1.165) is 37.8 Å². The molecule has 0 saturated carbocycles. The molecule has 1 atom stereocenters. The first-order chi connectivity index (χ1) is 10.8. The van der Waals surface area contributed by atoms with Gasteiger partial charge in [-0.05, 0) is 12.5 Å². The third-order valence-electron chi connectivity index (χ3n) is 3.92. The summed E-state index contributed by atoms with van der Waals surface area (Å²) in [7, 11) is 0. The lowest BCUT2D eigenvalue weighted by atomic mass is 10.1. The molecule has 7 heteroatoms. The van der Waals surface area contributed by atoms with E-state index in [-0.39, 0.29) is 0 Å². The van der Waals surface area contributed by atoms with Crippen molar-refractivity contribution in [1.82, 2.24) is 25.1 Å². The third kappa shape index (κ3) is 3.39. The van der Waals surface area contributed by atoms with Crippen LogP contribution in [0.1, 0.15) is 26.2 Å². The number of aromatic nitrogens is 4. The molecule has 3 heterocycles. The minimum atomic E-state index is 0.449. The Hall–Kier alpha value is -1.66. The van der Waals surface area contributed by atoms with Crippen LogP contribution in [-0.2, 0) is 0 Å². The van der Waals surface area contributed by atoms with Crippen molar-refractivity contribution in [2.24, 2.45) is 0 Å². The van der Waals surface area contributed by atoms with Crippen LogP contribution in [0.2, 0.25) is 5.15 Å². The number of halogens is 1. The Morgan fingerprint density at radius 2 is 2.32 bits per heavy atom. The largest absolute Gasteiger partial charge is 0.335 e. The highest BCUT2D eigenvalue weighted by molar-refractivity contribution is 6.29. The SMILES string of the molecule is CCCCC1CNCCN1c1nccc(-n2ccc(Cl)n2)n1. The van der Waals surface area contributed by atoms with E-state index in [4.69, 9.17) is 11.6 Å². The maximum Gasteiger partial charge on any atom is 0.227 e. The summed E-state index contributed by atoms with van der Waals surface area (Å²) in [6, 6.07) is 4.04. The van der Waals surface area contributed by atoms with Gasteiger partial charge in [-0.3, -0.25) is 0 Å². The van der Waals surface area contributed by atoms with Gasteiger partial charge in [-0.25, -0.2) is 9.67 Å². The first-order valence-electron chi connectivity index (χ1n) is 7.80. The molecule has 6 nitrogen and oxygen atoms in total. The predicted molar refractivity (Wildman–Crippen MR) is 87.7 cm³/mol. The Morgan fingerprint density at radius 1 is 1.41 bits per heavy atom. The number of nitrogens with one attached hydrogen (secondary N) is 1. The minimum Gasteiger partial charge on any atom is -0.335 e. The lowest BCUT2D eigenvalue weighted by Gasteiger charge is -2.36. The van der Waals surface area contributed by atoms with Crippen molar-refractivity contribution in [2.75, 3.05) is 24.5 Å². The van der Waals surface area contributed by atoms with Crippen LogP contribution in [0.4, 0.5) is 5.95 Å². The van der Waals surface area contributed by atoms with Crippen LogP contribution in [0.3, 0.4) is 0 Å². The van der Waals surface area contributed by atoms with Crippen molar-refractivity contribution in [3.63, 3.8) is 0 Å². The lowest BCUT2D eigenvalue weighted by molar-refractivity contribution is 0.437. The molecule has 1 N–H and O–H groups in total. The molecule has 2 aromatic rings. The maximum atomic E-state index is 5.89. The zero-order valence-electron chi connectivity index (χ0n) is 12.7. The fourth-order valence-electron chi connectivity index (χ4n) is 2.76. The summed E-state index contributed by atoms with van der Waals surface area (Å²) < 4.78 is 1.68. The average Bonchev–Trinajstić information content (AvgIpc) is 3.00. The molecular weight excluding hydrogens is 300 g/mol. The van der Waals surface area contributed by atoms with E-state index >= 15 is 0 Å². The summed E-state index contributed by atoms with van der Waals surface area (Å²) in [6.45, 7) is 5.10. The van der Waals surface area contributed by atoms with Crippen LogP contribution in [0.5, 0.6) is 0 Å². The van der Waals surface area contributed by atoms with E-state index in [0.29, 0.717) is 11.2 Å². The smallest absolute Gasteiger partial charge is 0.227 e. The van der Waals surface area contributed by atoms with Gasteiger partial charge in [0.2, 0.25) is 5.95 Å². The lowest BCUT2D eigenvalue weighted by Crippen LogP contribution is -2.52. The summed E-state index contributed by atoms with van der Waals surface area (Å²) in [5.74, 6) is 1.51. The summed E-state index contributed by atoms with van der Waals surface area (Å²) in [5.41, 5.74) is 0. The Labute approximate surface area is 135 Å². The van der Waals surface area contributed by atoms with E-state index in [1.54, 1.807) is 23.1 Å². The van der Waals surface area contributed by atoms with Crippen molar-refractivity contribution < 1.29 is 0 Å². The second kappa shape index (κ2) is 7.07. The number of hydrogen-bond acceptors (Lipinski definition) is 5. The topological polar surface area (TPSA) is 58.9 Å². The number of rotatable bonds is 5. The van der Waals surface area contributed by atoms with Crippen molar-refractivity contribution in [3.05, 3.63) is 29.7 Å². The molecule has 1 aliphatic heterocycles. The molecule has 0 aromatic carbocycles. The Balaban J connectivity index is 1.83. The summed E-state index contributed by atoms with van der Waals surface area (Å²) in [4.78, 5) is 11.4. The Morgan fingerprint density at radius 3 is 3.09 bits per heavy atom. The van der Waals surface area contributed by atoms with E-state index in [1.807, 2.05) is 6.07 Å². The molecule has 0 aliphatic carbocycles. The monoisotopic (exact) mass is 320 g/mol. The van der Waals surface area contributed by atoms with Gasteiger partial charge in [0, 0.05) is 44.1 Å². The van der Waals surface area contributed by atoms with E-state index < -0.39 is 0 Å². The quantitative estimate of drug-likeness (QED) is 0.916. The zero-order valence-corrected chi connectivity index (χ0v) is 13.5. The van der Waals surface area contributed by atoms with Crippen molar-refractivity contribution in [2.45, 2.75) is 32.2 Å². The van der Waals surface area contributed by atoms with Gasteiger partial charge in [0.15, 0.2) is 11.0 Å². The van der Waals surface area contributed by atoms with Crippen molar-refractivity contribution in [1.29, 1.82) is 0 Å². The Kier molecular flexibility index (Phi) is 4.90. The first-order valence-corrected chi connectivity index (χ1v) is 8.17. The van der Waals surface area contributed by atoms with Gasteiger partial charge < -0.3 is 10.2 Å². The molecule has 0 radical (unpaired) electrons. The molecule has 1 unspecified atom stereocenters. The molecule has 3 rings (SSSR count). The van der Waals surface area contributed by atoms with Crippen LogP contribution in [0.25, 0.3) is 5.82 Å². The van der Waals surface area contributed by atoms with Gasteiger partial charge in [-0.15, -0.1) is 0 Å². The summed E-state index contributed by atoms with van der Waals surface area (Å²) in [6.07, 6.45) is 7.17. The number of hydrogen-bond donors (Lipinski definition) is 1. The molecular formula is C15H21ClN6. The van der Waals surface area contributed by atoms with E-state index in [1.165, 1.54) is 12.8 Å². The maximum absolute atomic E-state index is 5.89. The molecule has 0 spiro atoms. The second-order valence-corrected chi connectivity index (χ2v) is 5.88. The van der Waals surface area contributed by atoms with Gasteiger partial charge in [0.25, 0.3) is 0 Å². The molecule has 1 aliphatic rings. The molecule has 0 bridgehead atoms. The predicted octanol–water partition coefficient (Wildman–Crippen LogP) is 2.28. The highest BCUT2D eigenvalue weighted by Crippen LogP contribution is 2.18. The minimum absolute atomic E-state index is 0.449. The van der Waals surface area contributed by atoms with Crippen LogP contribution >= 0.6 is 11.6 Å². The van der Waals surface area contributed by atoms with Gasteiger partial charge >= 0.3 is 0 Å². The number of anilines is 1. The van der Waals surface area contributed by atoms with Gasteiger partial charge in [0.1, 0.15) is 0 Å². The molecule has 22 heavy (non-hydrogen) atoms. The highest BCUT2D eigenvalue weighted by Gasteiger charge is 2.24. The Bertz CT molecular complexity index is 614. The number of unbranched alkanes of at least 4 members (excludes halogenated alkanes) is 1. The molecule has 2 aromatic heterocycles. The van der Waals surface area contributed by atoms with Gasteiger partial charge in [0.05, 0.1) is 0 Å². The standard InChI is InChI=1S/C15H21ClN6/c1-2-3-4-12-11-17-8-10-21(12)15-18-7-5-14(19-15)22-9-6-13(16)20-22/h5-7,9,12,17H,2-4,8,10-11H2,1H3. The van der Waals surface area contributed by atoms with Crippen LogP contribution in [0.15, 0.2) is 24.5 Å². The van der Waals surface area contributed by atoms with Crippen LogP contribution < -0.4 is 10.2 Å². The van der Waals surface area contributed by atoms with Crippen LogP contribution in [-0.4, -0.2) is 45.4 Å². The van der Waals surface area contributed by atoms with Gasteiger partial charge in [-0.2, -0.15) is 10.1 Å². The fraction of sp³-hybridized carbons (Fsp3) is 0.533. The number of nitrogens with zero attached hydrogens (tertiary/aromatic N) is 5. The third-order valence-corrected chi connectivity index (χ3v) is 4.12. The molecule has 0 amide bonds. The van der Waals surface area contributed by atoms with E-state index in [2.05, 4.69) is 32.2 Å². The molecule has 118 valence electrons. The first kappa shape index (κ1) is 15.2. The molecule has 1 saturated heterocycles. The molecule has 1 fully saturated rings. The van der Waals surface area contributed by atoms with Crippen LogP contribution in [0, 0.1) is 0 Å². The fourth-order valence-corrected chi connectivity index (χ4v) is 2.89. The zero-order chi connectivity index (χ0) is 15.4. The van der Waals surface area contributed by atoms with Crippen molar-refractivity contribution >= 4 is 17.5 Å².